The van der Waals surface area contributed by atoms with Crippen molar-refractivity contribution in [1.29, 1.82) is 0 Å². The SMILES string of the molecule is CCC(c1ccccc1)C(Cc1cccc(C)c1)NC. The van der Waals surface area contributed by atoms with Crippen LogP contribution in [0.4, 0.5) is 0 Å². The van der Waals surface area contributed by atoms with Crippen molar-refractivity contribution >= 4 is 0 Å². The largest absolute Gasteiger partial charge is 0.316 e. The molecule has 2 atom stereocenters. The third-order valence-electron chi connectivity index (χ3n) is 4.06. The van der Waals surface area contributed by atoms with E-state index in [0.29, 0.717) is 12.0 Å². The lowest BCUT2D eigenvalue weighted by molar-refractivity contribution is 0.448. The summed E-state index contributed by atoms with van der Waals surface area (Å²) in [6, 6.07) is 20.2. The Morgan fingerprint density at radius 1 is 1.00 bits per heavy atom. The molecule has 0 aliphatic rings. The summed E-state index contributed by atoms with van der Waals surface area (Å²) in [5, 5.41) is 3.52. The number of hydrogen-bond donors (Lipinski definition) is 1. The number of rotatable bonds is 6. The molecule has 0 spiro atoms. The first-order valence-corrected chi connectivity index (χ1v) is 7.52. The summed E-state index contributed by atoms with van der Waals surface area (Å²) in [7, 11) is 2.08. The van der Waals surface area contributed by atoms with Gasteiger partial charge in [-0.05, 0) is 43.9 Å². The van der Waals surface area contributed by atoms with Crippen molar-refractivity contribution in [2.45, 2.75) is 38.6 Å². The fraction of sp³-hybridized carbons (Fsp3) is 0.368. The van der Waals surface area contributed by atoms with Crippen LogP contribution in [0.15, 0.2) is 54.6 Å². The van der Waals surface area contributed by atoms with E-state index in [2.05, 4.69) is 80.8 Å². The first kappa shape index (κ1) is 14.8. The van der Waals surface area contributed by atoms with Gasteiger partial charge in [-0.15, -0.1) is 0 Å². The summed E-state index contributed by atoms with van der Waals surface area (Å²) in [4.78, 5) is 0. The molecule has 20 heavy (non-hydrogen) atoms. The van der Waals surface area contributed by atoms with E-state index in [1.165, 1.54) is 16.7 Å². The molecule has 1 N–H and O–H groups in total. The van der Waals surface area contributed by atoms with E-state index < -0.39 is 0 Å². The van der Waals surface area contributed by atoms with Crippen LogP contribution in [0.3, 0.4) is 0 Å². The first-order chi connectivity index (χ1) is 9.74. The van der Waals surface area contributed by atoms with Gasteiger partial charge >= 0.3 is 0 Å². The molecule has 1 heteroatoms. The van der Waals surface area contributed by atoms with Gasteiger partial charge in [0.05, 0.1) is 0 Å². The Bertz CT molecular complexity index is 518. The second kappa shape index (κ2) is 7.25. The van der Waals surface area contributed by atoms with Gasteiger partial charge in [-0.2, -0.15) is 0 Å². The van der Waals surface area contributed by atoms with E-state index >= 15 is 0 Å². The van der Waals surface area contributed by atoms with E-state index in [1.54, 1.807) is 0 Å². The van der Waals surface area contributed by atoms with E-state index in [4.69, 9.17) is 0 Å². The van der Waals surface area contributed by atoms with Crippen LogP contribution in [-0.4, -0.2) is 13.1 Å². The molecule has 0 bridgehead atoms. The highest BCUT2D eigenvalue weighted by atomic mass is 14.9. The van der Waals surface area contributed by atoms with E-state index in [0.717, 1.165) is 12.8 Å². The Morgan fingerprint density at radius 2 is 1.75 bits per heavy atom. The maximum Gasteiger partial charge on any atom is 0.0173 e. The van der Waals surface area contributed by atoms with Crippen molar-refractivity contribution in [3.8, 4) is 0 Å². The molecule has 0 saturated carbocycles. The van der Waals surface area contributed by atoms with E-state index in [-0.39, 0.29) is 0 Å². The zero-order valence-corrected chi connectivity index (χ0v) is 12.8. The van der Waals surface area contributed by atoms with Crippen molar-refractivity contribution in [3.63, 3.8) is 0 Å². The summed E-state index contributed by atoms with van der Waals surface area (Å²) in [6.45, 7) is 4.44. The Hall–Kier alpha value is -1.60. The Morgan fingerprint density at radius 3 is 2.35 bits per heavy atom. The Kier molecular flexibility index (Phi) is 5.37. The predicted molar refractivity (Wildman–Crippen MR) is 87.2 cm³/mol. The Labute approximate surface area is 123 Å². The van der Waals surface area contributed by atoms with Gasteiger partial charge in [0.25, 0.3) is 0 Å². The summed E-state index contributed by atoms with van der Waals surface area (Å²) in [5.41, 5.74) is 4.19. The number of aryl methyl sites for hydroxylation is 1. The first-order valence-electron chi connectivity index (χ1n) is 7.52. The molecule has 0 aromatic heterocycles. The fourth-order valence-corrected chi connectivity index (χ4v) is 2.99. The zero-order chi connectivity index (χ0) is 14.4. The van der Waals surface area contributed by atoms with Crippen molar-refractivity contribution in [1.82, 2.24) is 5.32 Å². The van der Waals surface area contributed by atoms with Gasteiger partial charge in [0.2, 0.25) is 0 Å². The van der Waals surface area contributed by atoms with Crippen LogP contribution in [-0.2, 0) is 6.42 Å². The minimum Gasteiger partial charge on any atom is -0.316 e. The van der Waals surface area contributed by atoms with Crippen molar-refractivity contribution in [3.05, 3.63) is 71.3 Å². The molecular formula is C19H25N. The van der Waals surface area contributed by atoms with Crippen molar-refractivity contribution < 1.29 is 0 Å². The lowest BCUT2D eigenvalue weighted by Crippen LogP contribution is -2.34. The number of benzene rings is 2. The molecule has 0 radical (unpaired) electrons. The average Bonchev–Trinajstić information content (AvgIpc) is 2.48. The van der Waals surface area contributed by atoms with Gasteiger partial charge in [0.1, 0.15) is 0 Å². The van der Waals surface area contributed by atoms with Crippen LogP contribution in [0.25, 0.3) is 0 Å². The van der Waals surface area contributed by atoms with Crippen molar-refractivity contribution in [2.75, 3.05) is 7.05 Å². The Balaban J connectivity index is 2.18. The lowest BCUT2D eigenvalue weighted by Gasteiger charge is -2.26. The summed E-state index contributed by atoms with van der Waals surface area (Å²) >= 11 is 0. The minimum absolute atomic E-state index is 0.476. The number of nitrogens with one attached hydrogen (secondary N) is 1. The molecule has 2 aromatic rings. The van der Waals surface area contributed by atoms with Gasteiger partial charge in [-0.1, -0.05) is 67.1 Å². The number of likely N-dealkylation sites (N-methyl/N-ethyl adjacent to an activating group) is 1. The topological polar surface area (TPSA) is 12.0 Å². The average molecular weight is 267 g/mol. The molecule has 0 aliphatic heterocycles. The third kappa shape index (κ3) is 3.71. The van der Waals surface area contributed by atoms with Gasteiger partial charge in [0, 0.05) is 6.04 Å². The fourth-order valence-electron chi connectivity index (χ4n) is 2.99. The normalized spacial score (nSPS) is 13.9. The van der Waals surface area contributed by atoms with Crippen LogP contribution in [0, 0.1) is 6.92 Å². The summed E-state index contributed by atoms with van der Waals surface area (Å²) in [5.74, 6) is 0.557. The predicted octanol–water partition coefficient (Wildman–Crippen LogP) is 4.32. The van der Waals surface area contributed by atoms with Crippen LogP contribution in [0.1, 0.15) is 36.0 Å². The molecule has 2 unspecified atom stereocenters. The minimum atomic E-state index is 0.476. The highest BCUT2D eigenvalue weighted by Crippen LogP contribution is 2.25. The van der Waals surface area contributed by atoms with Gasteiger partial charge in [-0.3, -0.25) is 0 Å². The summed E-state index contributed by atoms with van der Waals surface area (Å²) in [6.07, 6.45) is 2.23. The second-order valence-corrected chi connectivity index (χ2v) is 5.51. The molecule has 2 aromatic carbocycles. The van der Waals surface area contributed by atoms with Crippen LogP contribution in [0.2, 0.25) is 0 Å². The maximum atomic E-state index is 3.52. The van der Waals surface area contributed by atoms with Crippen LogP contribution >= 0.6 is 0 Å². The molecule has 1 nitrogen and oxygen atoms in total. The molecule has 0 heterocycles. The number of hydrogen-bond acceptors (Lipinski definition) is 1. The van der Waals surface area contributed by atoms with Gasteiger partial charge < -0.3 is 5.32 Å². The summed E-state index contributed by atoms with van der Waals surface area (Å²) < 4.78 is 0. The van der Waals surface area contributed by atoms with Crippen LogP contribution in [0.5, 0.6) is 0 Å². The molecule has 106 valence electrons. The molecule has 0 amide bonds. The quantitative estimate of drug-likeness (QED) is 0.822. The smallest absolute Gasteiger partial charge is 0.0173 e. The molecule has 0 aliphatic carbocycles. The second-order valence-electron chi connectivity index (χ2n) is 5.51. The lowest BCUT2D eigenvalue weighted by atomic mass is 9.85. The van der Waals surface area contributed by atoms with Crippen LogP contribution < -0.4 is 5.32 Å². The highest BCUT2D eigenvalue weighted by Gasteiger charge is 2.20. The van der Waals surface area contributed by atoms with Gasteiger partial charge in [0.15, 0.2) is 0 Å². The van der Waals surface area contributed by atoms with E-state index in [1.807, 2.05) is 0 Å². The zero-order valence-electron chi connectivity index (χ0n) is 12.8. The highest BCUT2D eigenvalue weighted by molar-refractivity contribution is 5.26. The third-order valence-corrected chi connectivity index (χ3v) is 4.06. The molecular weight excluding hydrogens is 242 g/mol. The van der Waals surface area contributed by atoms with E-state index in [9.17, 15) is 0 Å². The monoisotopic (exact) mass is 267 g/mol. The standard InChI is InChI=1S/C19H25N/c1-4-18(17-11-6-5-7-12-17)19(20-3)14-16-10-8-9-15(2)13-16/h5-13,18-20H,4,14H2,1-3H3. The molecule has 0 fully saturated rings. The van der Waals surface area contributed by atoms with Crippen molar-refractivity contribution in [2.24, 2.45) is 0 Å². The molecule has 2 rings (SSSR count). The van der Waals surface area contributed by atoms with Gasteiger partial charge in [-0.25, -0.2) is 0 Å². The molecule has 0 saturated heterocycles. The maximum absolute atomic E-state index is 3.52.